The number of phenols is 1. The highest BCUT2D eigenvalue weighted by Gasteiger charge is 2.61. The Kier molecular flexibility index (Phi) is 4.11. The maximum Gasteiger partial charge on any atom is 0.274 e. The molecular formula is C20H15F2NO7. The minimum atomic E-state index is -2.81. The number of rotatable bonds is 1. The SMILES string of the molecule is NC(=O)C1=C(O)[C@@]2(O)C(=O)C3=C(O)c4c(O)cccc4C(=C(F)F)C3C[C@H]2CC1=O. The second kappa shape index (κ2) is 6.23. The number of aliphatic hydroxyl groups excluding tert-OH is 2. The number of hydrogen-bond acceptors (Lipinski definition) is 7. The molecule has 0 aliphatic heterocycles. The highest BCUT2D eigenvalue weighted by molar-refractivity contribution is 6.23. The van der Waals surface area contributed by atoms with E-state index in [1.54, 1.807) is 0 Å². The number of nitrogens with two attached hydrogens (primary N) is 1. The zero-order chi connectivity index (χ0) is 22.1. The number of aliphatic hydroxyl groups is 3. The number of aromatic hydroxyl groups is 1. The Morgan fingerprint density at radius 2 is 1.83 bits per heavy atom. The van der Waals surface area contributed by atoms with E-state index >= 15 is 0 Å². The van der Waals surface area contributed by atoms with E-state index < -0.39 is 93.4 Å². The van der Waals surface area contributed by atoms with Gasteiger partial charge in [0.25, 0.3) is 12.0 Å². The number of carbonyl (C=O) groups excluding carboxylic acids is 3. The van der Waals surface area contributed by atoms with Gasteiger partial charge in [-0.3, -0.25) is 14.4 Å². The fourth-order valence-electron chi connectivity index (χ4n) is 4.66. The van der Waals surface area contributed by atoms with Crippen LogP contribution in [-0.2, 0) is 14.4 Å². The predicted octanol–water partition coefficient (Wildman–Crippen LogP) is 1.49. The van der Waals surface area contributed by atoms with Gasteiger partial charge in [0.15, 0.2) is 11.4 Å². The lowest BCUT2D eigenvalue weighted by atomic mass is 9.58. The standard InChI is InChI=1S/C20H15F2NO7/c21-18(22)11-7-2-1-3-9(24)12(7)15(26)13-8(11)4-6-5-10(25)14(19(23)29)17(28)20(6,30)16(13)27/h1-3,6,8,24,26,28,30H,4-5H2,(H2,23,29)/t6-,8?,20-/m0/s1. The number of carbonyl (C=O) groups is 3. The van der Waals surface area contributed by atoms with E-state index in [2.05, 4.69) is 0 Å². The lowest BCUT2D eigenvalue weighted by Crippen LogP contribution is -2.58. The Bertz CT molecular complexity index is 1150. The van der Waals surface area contributed by atoms with Crippen molar-refractivity contribution in [1.29, 1.82) is 0 Å². The molecule has 0 saturated heterocycles. The summed E-state index contributed by atoms with van der Waals surface area (Å²) in [6, 6.07) is 3.64. The van der Waals surface area contributed by atoms with Crippen LogP contribution >= 0.6 is 0 Å². The van der Waals surface area contributed by atoms with Crippen LogP contribution in [0.15, 0.2) is 41.2 Å². The number of phenolic OH excluding ortho intramolecular Hbond substituents is 1. The molecular weight excluding hydrogens is 404 g/mol. The van der Waals surface area contributed by atoms with E-state index in [1.807, 2.05) is 0 Å². The smallest absolute Gasteiger partial charge is 0.274 e. The van der Waals surface area contributed by atoms with E-state index in [9.17, 15) is 43.6 Å². The number of ketones is 2. The number of primary amides is 1. The second-order valence-electron chi connectivity index (χ2n) is 7.43. The predicted molar refractivity (Wildman–Crippen MR) is 96.8 cm³/mol. The van der Waals surface area contributed by atoms with Crippen LogP contribution in [0, 0.1) is 11.8 Å². The minimum Gasteiger partial charge on any atom is -0.508 e. The average Bonchev–Trinajstić information content (AvgIpc) is 2.64. The first-order valence-electron chi connectivity index (χ1n) is 8.86. The van der Waals surface area contributed by atoms with Crippen molar-refractivity contribution in [2.24, 2.45) is 17.6 Å². The number of benzene rings is 1. The molecule has 0 radical (unpaired) electrons. The summed E-state index contributed by atoms with van der Waals surface area (Å²) in [6.45, 7) is 0. The molecule has 4 rings (SSSR count). The van der Waals surface area contributed by atoms with Gasteiger partial charge in [-0.2, -0.15) is 8.78 Å². The van der Waals surface area contributed by atoms with E-state index in [4.69, 9.17) is 5.73 Å². The molecule has 3 aliphatic rings. The van der Waals surface area contributed by atoms with Crippen LogP contribution in [0.4, 0.5) is 8.78 Å². The van der Waals surface area contributed by atoms with Crippen molar-refractivity contribution in [3.8, 4) is 5.75 Å². The highest BCUT2D eigenvalue weighted by atomic mass is 19.3. The molecule has 1 fully saturated rings. The summed E-state index contributed by atoms with van der Waals surface area (Å²) in [6.07, 6.45) is -3.18. The van der Waals surface area contributed by atoms with Gasteiger partial charge in [-0.05, 0) is 18.1 Å². The van der Waals surface area contributed by atoms with Crippen LogP contribution < -0.4 is 5.73 Å². The summed E-state index contributed by atoms with van der Waals surface area (Å²) in [5, 5.41) is 42.2. The molecule has 0 aromatic heterocycles. The molecule has 10 heteroatoms. The van der Waals surface area contributed by atoms with Crippen LogP contribution in [0.5, 0.6) is 5.75 Å². The van der Waals surface area contributed by atoms with E-state index in [0.29, 0.717) is 0 Å². The van der Waals surface area contributed by atoms with Crippen molar-refractivity contribution >= 4 is 28.8 Å². The first-order valence-corrected chi connectivity index (χ1v) is 8.86. The van der Waals surface area contributed by atoms with Crippen molar-refractivity contribution < 1.29 is 43.6 Å². The van der Waals surface area contributed by atoms with Gasteiger partial charge < -0.3 is 26.2 Å². The molecule has 1 saturated carbocycles. The van der Waals surface area contributed by atoms with Gasteiger partial charge >= 0.3 is 0 Å². The third-order valence-electron chi connectivity index (χ3n) is 5.98. The molecule has 1 amide bonds. The van der Waals surface area contributed by atoms with Crippen LogP contribution in [-0.4, -0.2) is 43.5 Å². The maximum absolute atomic E-state index is 13.9. The van der Waals surface area contributed by atoms with Crippen molar-refractivity contribution in [2.75, 3.05) is 0 Å². The largest absolute Gasteiger partial charge is 0.508 e. The lowest BCUT2D eigenvalue weighted by Gasteiger charge is -2.46. The summed E-state index contributed by atoms with van der Waals surface area (Å²) in [7, 11) is 0. The van der Waals surface area contributed by atoms with Crippen LogP contribution in [0.1, 0.15) is 24.0 Å². The molecule has 1 aromatic rings. The summed E-state index contributed by atoms with van der Waals surface area (Å²) >= 11 is 0. The number of fused-ring (bicyclic) bond motifs is 3. The summed E-state index contributed by atoms with van der Waals surface area (Å²) in [5.74, 6) is -9.06. The first kappa shape index (κ1) is 19.8. The number of amides is 1. The molecule has 8 nitrogen and oxygen atoms in total. The third kappa shape index (κ3) is 2.31. The zero-order valence-electron chi connectivity index (χ0n) is 15.1. The number of hydrogen-bond donors (Lipinski definition) is 5. The van der Waals surface area contributed by atoms with Gasteiger partial charge in [-0.1, -0.05) is 12.1 Å². The molecule has 6 N–H and O–H groups in total. The highest BCUT2D eigenvalue weighted by Crippen LogP contribution is 2.56. The van der Waals surface area contributed by atoms with Crippen molar-refractivity contribution in [1.82, 2.24) is 0 Å². The second-order valence-corrected chi connectivity index (χ2v) is 7.43. The molecule has 30 heavy (non-hydrogen) atoms. The summed E-state index contributed by atoms with van der Waals surface area (Å²) < 4.78 is 27.9. The maximum atomic E-state index is 13.9. The molecule has 156 valence electrons. The molecule has 0 heterocycles. The summed E-state index contributed by atoms with van der Waals surface area (Å²) in [4.78, 5) is 37.0. The Morgan fingerprint density at radius 3 is 2.43 bits per heavy atom. The average molecular weight is 419 g/mol. The number of allylic oxidation sites excluding steroid dienone is 1. The minimum absolute atomic E-state index is 0.195. The number of halogens is 2. The van der Waals surface area contributed by atoms with Gasteiger partial charge in [0.2, 0.25) is 5.78 Å². The molecule has 0 bridgehead atoms. The molecule has 3 atom stereocenters. The van der Waals surface area contributed by atoms with Crippen LogP contribution in [0.2, 0.25) is 0 Å². The lowest BCUT2D eigenvalue weighted by molar-refractivity contribution is -0.146. The Hall–Kier alpha value is -3.53. The topological polar surface area (TPSA) is 158 Å². The van der Waals surface area contributed by atoms with Gasteiger partial charge in [0.1, 0.15) is 22.8 Å². The van der Waals surface area contributed by atoms with E-state index in [-0.39, 0.29) is 5.56 Å². The molecule has 1 aromatic carbocycles. The Morgan fingerprint density at radius 1 is 1.17 bits per heavy atom. The normalized spacial score (nSPS) is 28.2. The zero-order valence-corrected chi connectivity index (χ0v) is 15.1. The third-order valence-corrected chi connectivity index (χ3v) is 5.98. The van der Waals surface area contributed by atoms with Crippen molar-refractivity contribution in [2.45, 2.75) is 18.4 Å². The Balaban J connectivity index is 2.03. The monoisotopic (exact) mass is 419 g/mol. The van der Waals surface area contributed by atoms with Gasteiger partial charge in [0, 0.05) is 29.4 Å². The fraction of sp³-hybridized carbons (Fsp3) is 0.250. The van der Waals surface area contributed by atoms with Crippen LogP contribution in [0.3, 0.4) is 0 Å². The van der Waals surface area contributed by atoms with Crippen LogP contribution in [0.25, 0.3) is 11.3 Å². The quantitative estimate of drug-likeness (QED) is 0.431. The first-order chi connectivity index (χ1) is 14.0. The van der Waals surface area contributed by atoms with Gasteiger partial charge in [-0.25, -0.2) is 0 Å². The fourth-order valence-corrected chi connectivity index (χ4v) is 4.66. The van der Waals surface area contributed by atoms with E-state index in [1.165, 1.54) is 12.1 Å². The van der Waals surface area contributed by atoms with Gasteiger partial charge in [-0.15, -0.1) is 0 Å². The van der Waals surface area contributed by atoms with Crippen molar-refractivity contribution in [3.63, 3.8) is 0 Å². The van der Waals surface area contributed by atoms with E-state index in [0.717, 1.165) is 6.07 Å². The van der Waals surface area contributed by atoms with Crippen molar-refractivity contribution in [3.05, 3.63) is 52.3 Å². The molecule has 0 spiro atoms. The molecule has 3 aliphatic carbocycles. The summed E-state index contributed by atoms with van der Waals surface area (Å²) in [5.41, 5.74) is -0.597. The Labute approximate surface area is 167 Å². The molecule has 1 unspecified atom stereocenters. The number of Topliss-reactive ketones (excluding diaryl/α,β-unsaturated/α-hetero) is 2. The van der Waals surface area contributed by atoms with Gasteiger partial charge in [0.05, 0.1) is 5.56 Å².